The number of nitrogens with zero attached hydrogens (tertiary/aromatic N) is 1. The summed E-state index contributed by atoms with van der Waals surface area (Å²) in [6.45, 7) is 1.55. The van der Waals surface area contributed by atoms with Gasteiger partial charge in [-0.25, -0.2) is 0 Å². The number of nitrogens with two attached hydrogens (primary N) is 1. The molecule has 4 heteroatoms. The highest BCUT2D eigenvalue weighted by Crippen LogP contribution is 2.26. The summed E-state index contributed by atoms with van der Waals surface area (Å²) in [6.07, 6.45) is 6.21. The monoisotopic (exact) mass is 240 g/mol. The van der Waals surface area contributed by atoms with Crippen LogP contribution in [-0.2, 0) is 9.53 Å². The molecule has 0 aromatic carbocycles. The van der Waals surface area contributed by atoms with Crippen molar-refractivity contribution in [2.24, 2.45) is 11.7 Å². The lowest BCUT2D eigenvalue weighted by atomic mass is 9.84. The molecule has 1 saturated carbocycles. The van der Waals surface area contributed by atoms with E-state index in [0.717, 1.165) is 45.3 Å². The summed E-state index contributed by atoms with van der Waals surface area (Å²) in [7, 11) is 1.93. The van der Waals surface area contributed by atoms with Gasteiger partial charge in [0.05, 0.1) is 5.92 Å². The number of carbonyl (C=O) groups is 1. The van der Waals surface area contributed by atoms with Gasteiger partial charge in [-0.2, -0.15) is 0 Å². The van der Waals surface area contributed by atoms with Crippen molar-refractivity contribution in [3.63, 3.8) is 0 Å². The van der Waals surface area contributed by atoms with Crippen LogP contribution < -0.4 is 5.73 Å². The van der Waals surface area contributed by atoms with E-state index in [1.165, 1.54) is 6.42 Å². The highest BCUT2D eigenvalue weighted by molar-refractivity contribution is 5.79. The smallest absolute Gasteiger partial charge is 0.227 e. The lowest BCUT2D eigenvalue weighted by molar-refractivity contribution is -0.139. The first-order valence-electron chi connectivity index (χ1n) is 6.80. The van der Waals surface area contributed by atoms with Gasteiger partial charge in [0.25, 0.3) is 0 Å². The average Bonchev–Trinajstić information content (AvgIpc) is 2.39. The molecule has 1 heterocycles. The van der Waals surface area contributed by atoms with E-state index in [0.29, 0.717) is 6.04 Å². The molecule has 1 aliphatic carbocycles. The molecule has 0 radical (unpaired) electrons. The lowest BCUT2D eigenvalue weighted by Gasteiger charge is -2.36. The van der Waals surface area contributed by atoms with Gasteiger partial charge in [0, 0.05) is 32.3 Å². The minimum atomic E-state index is 0.0524. The van der Waals surface area contributed by atoms with Crippen LogP contribution in [0.2, 0.25) is 0 Å². The number of ether oxygens (including phenoxy) is 1. The molecule has 4 nitrogen and oxygen atoms in total. The van der Waals surface area contributed by atoms with Gasteiger partial charge < -0.3 is 15.4 Å². The molecule has 2 N–H and O–H groups in total. The third-order valence-electron chi connectivity index (χ3n) is 4.22. The maximum Gasteiger partial charge on any atom is 0.227 e. The van der Waals surface area contributed by atoms with Gasteiger partial charge in [-0.1, -0.05) is 12.8 Å². The second-order valence-electron chi connectivity index (χ2n) is 5.35. The fraction of sp³-hybridized carbons (Fsp3) is 0.923. The topological polar surface area (TPSA) is 55.6 Å². The fourth-order valence-electron chi connectivity index (χ4n) is 2.98. The summed E-state index contributed by atoms with van der Waals surface area (Å²) < 4.78 is 5.33. The van der Waals surface area contributed by atoms with Gasteiger partial charge in [0.2, 0.25) is 5.91 Å². The van der Waals surface area contributed by atoms with Crippen molar-refractivity contribution in [1.29, 1.82) is 0 Å². The second-order valence-corrected chi connectivity index (χ2v) is 5.35. The molecule has 0 aromatic heterocycles. The molecule has 1 aliphatic heterocycles. The summed E-state index contributed by atoms with van der Waals surface area (Å²) in [6, 6.07) is 0.420. The normalized spacial score (nSPS) is 31.2. The Morgan fingerprint density at radius 1 is 1.18 bits per heavy atom. The third-order valence-corrected chi connectivity index (χ3v) is 4.22. The first kappa shape index (κ1) is 12.8. The van der Waals surface area contributed by atoms with Gasteiger partial charge in [0.15, 0.2) is 0 Å². The number of hydrogen-bond acceptors (Lipinski definition) is 3. The van der Waals surface area contributed by atoms with E-state index in [1.807, 2.05) is 11.9 Å². The van der Waals surface area contributed by atoms with Gasteiger partial charge in [0.1, 0.15) is 0 Å². The number of rotatable bonds is 2. The minimum Gasteiger partial charge on any atom is -0.381 e. The molecular formula is C13H24N2O2. The van der Waals surface area contributed by atoms with Crippen molar-refractivity contribution >= 4 is 5.91 Å². The molecular weight excluding hydrogens is 216 g/mol. The van der Waals surface area contributed by atoms with Crippen LogP contribution in [0, 0.1) is 5.92 Å². The molecule has 0 bridgehead atoms. The Morgan fingerprint density at radius 2 is 1.82 bits per heavy atom. The van der Waals surface area contributed by atoms with Gasteiger partial charge in [-0.05, 0) is 25.7 Å². The highest BCUT2D eigenvalue weighted by atomic mass is 16.5. The molecule has 2 aliphatic rings. The molecule has 0 spiro atoms. The largest absolute Gasteiger partial charge is 0.381 e. The Bertz CT molecular complexity index is 264. The van der Waals surface area contributed by atoms with Crippen molar-refractivity contribution in [3.05, 3.63) is 0 Å². The summed E-state index contributed by atoms with van der Waals surface area (Å²) in [5.74, 6) is 0.306. The number of hydrogen-bond donors (Lipinski definition) is 1. The van der Waals surface area contributed by atoms with E-state index in [-0.39, 0.29) is 17.9 Å². The van der Waals surface area contributed by atoms with E-state index in [1.54, 1.807) is 0 Å². The number of carbonyl (C=O) groups excluding carboxylic acids is 1. The van der Waals surface area contributed by atoms with E-state index in [4.69, 9.17) is 10.5 Å². The van der Waals surface area contributed by atoms with Gasteiger partial charge in [-0.3, -0.25) is 4.79 Å². The zero-order valence-corrected chi connectivity index (χ0v) is 10.7. The average molecular weight is 240 g/mol. The van der Waals surface area contributed by atoms with Crippen molar-refractivity contribution in [3.8, 4) is 0 Å². The molecule has 1 saturated heterocycles. The Kier molecular flexibility index (Phi) is 4.40. The SMILES string of the molecule is CN(C(=O)C1CCCCC1N)C1CCOCC1. The van der Waals surface area contributed by atoms with Crippen LogP contribution in [-0.4, -0.2) is 43.2 Å². The quantitative estimate of drug-likeness (QED) is 0.787. The molecule has 2 unspecified atom stereocenters. The van der Waals surface area contributed by atoms with Crippen molar-refractivity contribution in [2.45, 2.75) is 50.6 Å². The summed E-state index contributed by atoms with van der Waals surface area (Å²) >= 11 is 0. The first-order chi connectivity index (χ1) is 8.20. The molecule has 1 amide bonds. The Labute approximate surface area is 103 Å². The molecule has 0 aromatic rings. The summed E-state index contributed by atoms with van der Waals surface area (Å²) in [5.41, 5.74) is 6.08. The fourth-order valence-corrected chi connectivity index (χ4v) is 2.98. The van der Waals surface area contributed by atoms with Crippen molar-refractivity contribution < 1.29 is 9.53 Å². The van der Waals surface area contributed by atoms with E-state index >= 15 is 0 Å². The maximum atomic E-state index is 12.4. The zero-order valence-electron chi connectivity index (χ0n) is 10.7. The molecule has 17 heavy (non-hydrogen) atoms. The molecule has 2 fully saturated rings. The first-order valence-corrected chi connectivity index (χ1v) is 6.80. The molecule has 2 atom stereocenters. The molecule has 98 valence electrons. The van der Waals surface area contributed by atoms with Crippen LogP contribution in [0.25, 0.3) is 0 Å². The van der Waals surface area contributed by atoms with Gasteiger partial charge in [-0.15, -0.1) is 0 Å². The predicted octanol–water partition coefficient (Wildman–Crippen LogP) is 1.14. The summed E-state index contributed by atoms with van der Waals surface area (Å²) in [4.78, 5) is 14.3. The van der Waals surface area contributed by atoms with E-state index in [2.05, 4.69) is 0 Å². The van der Waals surface area contributed by atoms with E-state index < -0.39 is 0 Å². The van der Waals surface area contributed by atoms with E-state index in [9.17, 15) is 4.79 Å². The maximum absolute atomic E-state index is 12.4. The van der Waals surface area contributed by atoms with Crippen LogP contribution in [0.15, 0.2) is 0 Å². The highest BCUT2D eigenvalue weighted by Gasteiger charge is 2.33. The second kappa shape index (κ2) is 5.83. The zero-order chi connectivity index (χ0) is 12.3. The van der Waals surface area contributed by atoms with Crippen LogP contribution in [0.3, 0.4) is 0 Å². The van der Waals surface area contributed by atoms with Crippen LogP contribution in [0.1, 0.15) is 38.5 Å². The Morgan fingerprint density at radius 3 is 2.47 bits per heavy atom. The van der Waals surface area contributed by atoms with Crippen LogP contribution >= 0.6 is 0 Å². The van der Waals surface area contributed by atoms with Crippen molar-refractivity contribution in [2.75, 3.05) is 20.3 Å². The third kappa shape index (κ3) is 2.99. The summed E-state index contributed by atoms with van der Waals surface area (Å²) in [5, 5.41) is 0. The Balaban J connectivity index is 1.92. The van der Waals surface area contributed by atoms with Crippen molar-refractivity contribution in [1.82, 2.24) is 4.90 Å². The lowest BCUT2D eigenvalue weighted by Crippen LogP contribution is -2.49. The van der Waals surface area contributed by atoms with Crippen LogP contribution in [0.4, 0.5) is 0 Å². The number of amides is 1. The van der Waals surface area contributed by atoms with Crippen LogP contribution in [0.5, 0.6) is 0 Å². The Hall–Kier alpha value is -0.610. The standard InChI is InChI=1S/C13H24N2O2/c1-15(10-6-8-17-9-7-10)13(16)11-4-2-3-5-12(11)14/h10-12H,2-9,14H2,1H3. The predicted molar refractivity (Wildman–Crippen MR) is 66.5 cm³/mol. The minimum absolute atomic E-state index is 0.0524. The van der Waals surface area contributed by atoms with Gasteiger partial charge >= 0.3 is 0 Å². The molecule has 2 rings (SSSR count).